The number of nitrogens with one attached hydrogen (secondary N) is 1. The summed E-state index contributed by atoms with van der Waals surface area (Å²) in [6.07, 6.45) is -1.93. The number of hydrogen-bond donors (Lipinski definition) is 6. The number of aliphatic carboxylic acids is 3. The molecule has 0 spiro atoms. The maximum absolute atomic E-state index is 13.5. The lowest BCUT2D eigenvalue weighted by atomic mass is 9.85. The Morgan fingerprint density at radius 1 is 1.11 bits per heavy atom. The molecule has 2 aromatic rings. The van der Waals surface area contributed by atoms with Crippen LogP contribution in [-0.4, -0.2) is 137 Å². The number of hydrazine groups is 1. The number of thioether (sulfide) groups is 1. The number of quaternary nitrogens is 1. The Morgan fingerprint density at radius 2 is 1.76 bits per heavy atom. The molecule has 1 aromatic carbocycles. The van der Waals surface area contributed by atoms with Gasteiger partial charge in [0.05, 0.1) is 60.1 Å². The lowest BCUT2D eigenvalue weighted by molar-refractivity contribution is -0.905. The van der Waals surface area contributed by atoms with Gasteiger partial charge in [-0.05, 0) is 12.1 Å². The Labute approximate surface area is 318 Å². The Hall–Kier alpha value is -5.58. The van der Waals surface area contributed by atoms with Gasteiger partial charge in [-0.15, -0.1) is 23.1 Å². The summed E-state index contributed by atoms with van der Waals surface area (Å²) in [5, 5.41) is 55.7. The Balaban J connectivity index is 1.02. The van der Waals surface area contributed by atoms with E-state index >= 15 is 0 Å². The van der Waals surface area contributed by atoms with Gasteiger partial charge in [-0.25, -0.2) is 20.2 Å². The highest BCUT2D eigenvalue weighted by Gasteiger charge is 2.58. The molecule has 3 atom stereocenters. The molecule has 0 unspecified atom stereocenters. The minimum Gasteiger partial charge on any atom is -0.543 e. The van der Waals surface area contributed by atoms with Gasteiger partial charge in [0.15, 0.2) is 28.1 Å². The van der Waals surface area contributed by atoms with E-state index in [4.69, 9.17) is 15.7 Å². The van der Waals surface area contributed by atoms with Crippen LogP contribution in [0.3, 0.4) is 0 Å². The summed E-state index contributed by atoms with van der Waals surface area (Å²) >= 11 is 2.23. The second-order valence-electron chi connectivity index (χ2n) is 14.2. The molecule has 5 aliphatic heterocycles. The number of carbonyl (C=O) groups is 7. The molecular weight excluding hydrogens is 767 g/mol. The van der Waals surface area contributed by atoms with E-state index in [1.807, 2.05) is 0 Å². The minimum atomic E-state index is -1.93. The van der Waals surface area contributed by atoms with Crippen LogP contribution in [0.1, 0.15) is 52.1 Å². The number of oxime groups is 1. The zero-order valence-electron chi connectivity index (χ0n) is 28.6. The second kappa shape index (κ2) is 13.9. The van der Waals surface area contributed by atoms with Gasteiger partial charge in [-0.2, -0.15) is 0 Å². The normalized spacial score (nSPS) is 26.2. The fourth-order valence-corrected chi connectivity index (χ4v) is 9.98. The van der Waals surface area contributed by atoms with Gasteiger partial charge in [0, 0.05) is 47.9 Å². The van der Waals surface area contributed by atoms with Crippen LogP contribution in [0.25, 0.3) is 0 Å². The number of imide groups is 1. The Bertz CT molecular complexity index is 2080. The number of amides is 3. The predicted molar refractivity (Wildman–Crippen MR) is 186 cm³/mol. The number of Topliss-reactive ketones (excluding diaryl/α,β-unsaturated/α-hetero) is 1. The molecule has 1 aromatic heterocycles. The number of nitrogens with zero attached hydrogens (tertiary/aromatic N) is 5. The summed E-state index contributed by atoms with van der Waals surface area (Å²) in [5.41, 5.74) is 7.94. The summed E-state index contributed by atoms with van der Waals surface area (Å²) < 4.78 is 0.517. The number of fused-ring (bicyclic) bond motifs is 4. The van der Waals surface area contributed by atoms with Crippen molar-refractivity contribution in [1.82, 2.24) is 20.3 Å². The molecule has 0 radical (unpaired) electrons. The lowest BCUT2D eigenvalue weighted by Gasteiger charge is -2.51. The van der Waals surface area contributed by atoms with Crippen molar-refractivity contribution in [3.63, 3.8) is 0 Å². The molecule has 7 N–H and O–H groups in total. The van der Waals surface area contributed by atoms with Gasteiger partial charge in [0.1, 0.15) is 12.2 Å². The number of nitrogens with two attached hydrogens (primary N) is 1. The third-order valence-corrected chi connectivity index (χ3v) is 12.8. The van der Waals surface area contributed by atoms with E-state index in [2.05, 4.69) is 15.6 Å². The van der Waals surface area contributed by atoms with Gasteiger partial charge in [-0.1, -0.05) is 5.16 Å². The fraction of sp³-hybridized carbons (Fsp3) is 0.424. The number of piperidine rings is 1. The number of rotatable bonds is 15. The maximum atomic E-state index is 13.5. The number of benzene rings is 1. The van der Waals surface area contributed by atoms with Crippen molar-refractivity contribution in [2.24, 2.45) is 16.5 Å². The van der Waals surface area contributed by atoms with Gasteiger partial charge in [-0.3, -0.25) is 28.9 Å². The predicted octanol–water partition coefficient (Wildman–Crippen LogP) is -1.31. The van der Waals surface area contributed by atoms with Crippen LogP contribution < -0.4 is 16.3 Å². The van der Waals surface area contributed by atoms with E-state index in [-0.39, 0.29) is 45.4 Å². The van der Waals surface area contributed by atoms with Gasteiger partial charge in [0.25, 0.3) is 11.8 Å². The number of phenols is 2. The van der Waals surface area contributed by atoms with Crippen molar-refractivity contribution in [3.05, 3.63) is 45.6 Å². The van der Waals surface area contributed by atoms with Crippen LogP contribution >= 0.6 is 23.1 Å². The molecule has 3 amide bonds. The molecule has 7 rings (SSSR count). The monoisotopic (exact) mass is 799 g/mol. The molecule has 3 fully saturated rings. The number of carbonyl (C=O) groups excluding carboxylic acids is 5. The number of carboxylic acid groups (broad SMARTS) is 3. The molecule has 55 heavy (non-hydrogen) atoms. The average molecular weight is 800 g/mol. The SMILES string of the molecule is Nc1nc(/C(=N/O[C@@H](CC(=O)O)C(=O)O)C(=O)C[C@@H]2C(=O)N3C(C(=O)[O-])=C(C[N+]45CCC(CNN6C(=O)c7cc(O)c(O)cc7C6=O)(CC4)C5)CS[C@H]23)cs1. The van der Waals surface area contributed by atoms with E-state index in [1.165, 1.54) is 17.1 Å². The van der Waals surface area contributed by atoms with Crippen molar-refractivity contribution in [1.29, 1.82) is 0 Å². The third-order valence-electron chi connectivity index (χ3n) is 10.7. The minimum absolute atomic E-state index is 0.0376. The first-order valence-corrected chi connectivity index (χ1v) is 18.8. The van der Waals surface area contributed by atoms with Crippen molar-refractivity contribution in [3.8, 4) is 11.5 Å². The van der Waals surface area contributed by atoms with E-state index in [9.17, 15) is 54.0 Å². The number of anilines is 1. The Morgan fingerprint density at radius 3 is 2.33 bits per heavy atom. The van der Waals surface area contributed by atoms with Crippen LogP contribution in [0.2, 0.25) is 0 Å². The molecule has 0 aliphatic carbocycles. The highest BCUT2D eigenvalue weighted by atomic mass is 32.2. The largest absolute Gasteiger partial charge is 0.543 e. The molecule has 5 aliphatic rings. The number of thiazole rings is 1. The first kappa shape index (κ1) is 37.7. The molecule has 20 nitrogen and oxygen atoms in total. The van der Waals surface area contributed by atoms with E-state index < -0.39 is 88.9 Å². The van der Waals surface area contributed by atoms with Crippen molar-refractivity contribution < 1.29 is 68.4 Å². The van der Waals surface area contributed by atoms with Crippen molar-refractivity contribution in [2.75, 3.05) is 44.2 Å². The zero-order valence-corrected chi connectivity index (χ0v) is 30.3. The number of aromatic nitrogens is 1. The summed E-state index contributed by atoms with van der Waals surface area (Å²) in [4.78, 5) is 98.2. The molecule has 6 heterocycles. The van der Waals surface area contributed by atoms with E-state index in [0.717, 1.165) is 33.4 Å². The summed E-state index contributed by atoms with van der Waals surface area (Å²) in [6, 6.07) is 2.09. The van der Waals surface area contributed by atoms with Crippen LogP contribution in [-0.2, 0) is 28.8 Å². The van der Waals surface area contributed by atoms with Gasteiger partial charge in [0.2, 0.25) is 12.0 Å². The molecule has 2 bridgehead atoms. The quantitative estimate of drug-likeness (QED) is 0.0304. The number of hydrogen-bond acceptors (Lipinski definition) is 17. The highest BCUT2D eigenvalue weighted by molar-refractivity contribution is 8.00. The fourth-order valence-electron chi connectivity index (χ4n) is 8.02. The smallest absolute Gasteiger partial charge is 0.348 e. The maximum Gasteiger partial charge on any atom is 0.348 e. The summed E-state index contributed by atoms with van der Waals surface area (Å²) in [6.45, 7) is 2.53. The van der Waals surface area contributed by atoms with Crippen molar-refractivity contribution >= 4 is 75.4 Å². The third kappa shape index (κ3) is 6.74. The first-order chi connectivity index (χ1) is 26.0. The van der Waals surface area contributed by atoms with E-state index in [1.54, 1.807) is 0 Å². The van der Waals surface area contributed by atoms with Gasteiger partial charge >= 0.3 is 11.9 Å². The molecule has 290 valence electrons. The lowest BCUT2D eigenvalue weighted by Crippen LogP contribution is -2.63. The number of β-lactam (4-membered cyclic amide) rings is 1. The Kier molecular flexibility index (Phi) is 9.55. The van der Waals surface area contributed by atoms with Crippen molar-refractivity contribution in [2.45, 2.75) is 37.2 Å². The average Bonchev–Trinajstić information content (AvgIpc) is 3.87. The van der Waals surface area contributed by atoms with Crippen LogP contribution in [0, 0.1) is 11.3 Å². The molecule has 22 heteroatoms. The number of carboxylic acids is 3. The highest BCUT2D eigenvalue weighted by Crippen LogP contribution is 2.49. The first-order valence-electron chi connectivity index (χ1n) is 16.9. The number of nitrogen functional groups attached to an aromatic ring is 1. The van der Waals surface area contributed by atoms with E-state index in [0.29, 0.717) is 49.1 Å². The summed E-state index contributed by atoms with van der Waals surface area (Å²) in [5.74, 6) is -9.22. The molecular formula is C33H33N7O13S2. The standard InChI is InChI=1S/C33H33N7O13S2/c34-32-36-18(11-55-32)24(37-53-22(30(49)50)8-23(44)45)21(43)7-17-26(46)38-25(31(51)52)14(10-54-29(17)38)9-40-3-1-33(13-40,2-4-40)12-35-39-27(47)15-5-19(41)20(42)6-16(15)28(39)48/h5-6,11,17,22,29,35H,1-4,7-10,12-13H2,(H6-,34,36,37,41,42,43,44,45,47,48,49,50,51,52)/t17-,22+,29-,33?,40?/m1/s1. The second-order valence-corrected chi connectivity index (χ2v) is 16.2. The topological polar surface area (TPSA) is 302 Å². The summed E-state index contributed by atoms with van der Waals surface area (Å²) in [7, 11) is 0. The number of ketones is 1. The van der Waals surface area contributed by atoms with Crippen LogP contribution in [0.4, 0.5) is 5.13 Å². The zero-order chi connectivity index (χ0) is 39.6. The number of aromatic hydroxyl groups is 2. The van der Waals surface area contributed by atoms with Crippen LogP contribution in [0.5, 0.6) is 11.5 Å². The number of phenolic OH excluding ortho intramolecular Hbond substituents is 2. The van der Waals surface area contributed by atoms with Gasteiger partial charge < -0.3 is 45.4 Å². The van der Waals surface area contributed by atoms with Crippen LogP contribution in [0.15, 0.2) is 33.9 Å². The molecule has 3 saturated heterocycles. The molecule has 0 saturated carbocycles.